The molecule has 0 aliphatic carbocycles. The Morgan fingerprint density at radius 3 is 1.50 bits per heavy atom. The number of nitrogens with one attached hydrogen (secondary N) is 5. The van der Waals surface area contributed by atoms with E-state index in [4.69, 9.17) is 0 Å². The van der Waals surface area contributed by atoms with Gasteiger partial charge in [0.2, 0.25) is 26.0 Å². The van der Waals surface area contributed by atoms with Crippen molar-refractivity contribution in [2.75, 3.05) is 30.3 Å². The molecule has 5 N–H and O–H groups in total. The largest absolute Gasteiger partial charge is 0.321 e. The van der Waals surface area contributed by atoms with Crippen molar-refractivity contribution >= 4 is 54.7 Å². The highest BCUT2D eigenvalue weighted by atomic mass is 32.2. The van der Waals surface area contributed by atoms with Gasteiger partial charge < -0.3 is 5.32 Å². The normalized spacial score (nSPS) is 12.6. The summed E-state index contributed by atoms with van der Waals surface area (Å²) in [5.74, 6) is -4.62. The van der Waals surface area contributed by atoms with Gasteiger partial charge in [-0.1, -0.05) is 24.3 Å². The molecule has 13 nitrogen and oxygen atoms in total. The molecule has 0 amide bonds. The second kappa shape index (κ2) is 14.0. The van der Waals surface area contributed by atoms with E-state index in [1.165, 1.54) is 44.4 Å². The van der Waals surface area contributed by atoms with E-state index in [1.807, 2.05) is 0 Å². The molecule has 18 heteroatoms. The quantitative estimate of drug-likeness (QED) is 0.0839. The van der Waals surface area contributed by atoms with Crippen LogP contribution in [0.4, 0.5) is 36.4 Å². The zero-order chi connectivity index (χ0) is 33.6. The Morgan fingerprint density at radius 1 is 0.652 bits per heavy atom. The third-order valence-electron chi connectivity index (χ3n) is 6.39. The lowest BCUT2D eigenvalue weighted by Crippen LogP contribution is -2.18. The molecule has 1 aromatic heterocycles. The van der Waals surface area contributed by atoms with E-state index >= 15 is 0 Å². The van der Waals surface area contributed by atoms with Crippen molar-refractivity contribution in [3.8, 4) is 0 Å². The van der Waals surface area contributed by atoms with Gasteiger partial charge in [0.25, 0.3) is 0 Å². The van der Waals surface area contributed by atoms with Crippen molar-refractivity contribution in [1.29, 1.82) is 0 Å². The number of hydrogen-bond acceptors (Lipinski definition) is 11. The molecular weight excluding hydrogens is 647 g/mol. The summed E-state index contributed by atoms with van der Waals surface area (Å²) < 4.78 is 94.2. The van der Waals surface area contributed by atoms with Crippen LogP contribution in [0.2, 0.25) is 0 Å². The molecule has 4 aromatic rings. The van der Waals surface area contributed by atoms with Crippen LogP contribution in [-0.4, -0.2) is 52.3 Å². The minimum absolute atomic E-state index is 0.0704. The Bertz CT molecular complexity index is 1910. The van der Waals surface area contributed by atoms with Crippen LogP contribution in [0.25, 0.3) is 0 Å². The average molecular weight is 676 g/mol. The molecule has 0 unspecified atom stereocenters. The van der Waals surface area contributed by atoms with Crippen molar-refractivity contribution in [3.05, 3.63) is 95.3 Å². The topological polar surface area (TPSA) is 179 Å². The van der Waals surface area contributed by atoms with Crippen LogP contribution in [0.15, 0.2) is 86.7 Å². The van der Waals surface area contributed by atoms with Crippen molar-refractivity contribution in [2.24, 2.45) is 10.2 Å². The standard InChI is InChI=1S/C28H28F3N9O4S2/c1-16(18-5-9-20(10-6-18)45(41,42)32-3)37-39-24-15-25(36-28(35-24)34-23-14-13-22(29)26(30)27(23)31)40-38-17(2)19-7-11-21(12-8-19)46(43,44)33-4/h5-15,32-33H,1-4H3,(H3,34,35,36,39,40)/b37-16-,38-17-. The van der Waals surface area contributed by atoms with Gasteiger partial charge in [-0.15, -0.1) is 0 Å². The molecule has 0 aliphatic heterocycles. The van der Waals surface area contributed by atoms with E-state index < -0.39 is 43.2 Å². The Labute approximate surface area is 263 Å². The maximum absolute atomic E-state index is 14.4. The van der Waals surface area contributed by atoms with E-state index in [-0.39, 0.29) is 27.4 Å². The van der Waals surface area contributed by atoms with Crippen molar-refractivity contribution < 1.29 is 30.0 Å². The smallest absolute Gasteiger partial charge is 0.240 e. The predicted octanol–water partition coefficient (Wildman–Crippen LogP) is 4.13. The molecule has 0 spiro atoms. The Hall–Kier alpha value is -4.91. The first-order valence-corrected chi connectivity index (χ1v) is 16.2. The first-order valence-electron chi connectivity index (χ1n) is 13.2. The molecule has 0 saturated heterocycles. The highest BCUT2D eigenvalue weighted by Crippen LogP contribution is 2.24. The summed E-state index contributed by atoms with van der Waals surface area (Å²) in [5.41, 5.74) is 7.10. The molecule has 0 radical (unpaired) electrons. The number of hydrogen-bond donors (Lipinski definition) is 5. The Balaban J connectivity index is 1.63. The van der Waals surface area contributed by atoms with Crippen LogP contribution in [0, 0.1) is 17.5 Å². The molecule has 3 aromatic carbocycles. The van der Waals surface area contributed by atoms with E-state index in [0.29, 0.717) is 22.6 Å². The monoisotopic (exact) mass is 675 g/mol. The van der Waals surface area contributed by atoms with E-state index in [0.717, 1.165) is 12.1 Å². The number of anilines is 4. The molecule has 0 atom stereocenters. The average Bonchev–Trinajstić information content (AvgIpc) is 3.06. The summed E-state index contributed by atoms with van der Waals surface area (Å²) in [6, 6.07) is 15.0. The number of sulfonamides is 2. The number of hydrazone groups is 2. The maximum Gasteiger partial charge on any atom is 0.240 e. The first-order chi connectivity index (χ1) is 21.7. The minimum Gasteiger partial charge on any atom is -0.321 e. The first kappa shape index (κ1) is 34.0. The predicted molar refractivity (Wildman–Crippen MR) is 169 cm³/mol. The third-order valence-corrected chi connectivity index (χ3v) is 9.25. The molecule has 46 heavy (non-hydrogen) atoms. The molecule has 0 fully saturated rings. The van der Waals surface area contributed by atoms with Gasteiger partial charge in [-0.2, -0.15) is 20.2 Å². The molecule has 1 heterocycles. The number of nitrogens with zero attached hydrogens (tertiary/aromatic N) is 4. The molecule has 0 aliphatic rings. The number of benzene rings is 3. The maximum atomic E-state index is 14.4. The van der Waals surface area contributed by atoms with Gasteiger partial charge in [0, 0.05) is 6.07 Å². The lowest BCUT2D eigenvalue weighted by Gasteiger charge is -2.11. The summed E-state index contributed by atoms with van der Waals surface area (Å²) in [4.78, 5) is 8.56. The fourth-order valence-electron chi connectivity index (χ4n) is 3.76. The molecule has 4 rings (SSSR count). The molecular formula is C28H28F3N9O4S2. The van der Waals surface area contributed by atoms with Gasteiger partial charge in [0.05, 0.1) is 26.9 Å². The fraction of sp³-hybridized carbons (Fsp3) is 0.143. The third kappa shape index (κ3) is 8.02. The van der Waals surface area contributed by atoms with E-state index in [9.17, 15) is 30.0 Å². The van der Waals surface area contributed by atoms with Gasteiger partial charge >= 0.3 is 0 Å². The van der Waals surface area contributed by atoms with Crippen molar-refractivity contribution in [2.45, 2.75) is 23.6 Å². The lowest BCUT2D eigenvalue weighted by molar-refractivity contribution is 0.449. The van der Waals surface area contributed by atoms with Gasteiger partial charge in [0.1, 0.15) is 0 Å². The number of rotatable bonds is 12. The van der Waals surface area contributed by atoms with Gasteiger partial charge in [0.15, 0.2) is 29.1 Å². The van der Waals surface area contributed by atoms with E-state index in [1.54, 1.807) is 38.1 Å². The summed E-state index contributed by atoms with van der Waals surface area (Å²) in [6.07, 6.45) is 0. The van der Waals surface area contributed by atoms with Crippen molar-refractivity contribution in [1.82, 2.24) is 19.4 Å². The van der Waals surface area contributed by atoms with Crippen LogP contribution in [-0.2, 0) is 20.0 Å². The van der Waals surface area contributed by atoms with Crippen LogP contribution >= 0.6 is 0 Å². The summed E-state index contributed by atoms with van der Waals surface area (Å²) in [7, 11) is -4.64. The fourth-order valence-corrected chi connectivity index (χ4v) is 5.22. The van der Waals surface area contributed by atoms with Gasteiger partial charge in [-0.3, -0.25) is 10.9 Å². The Morgan fingerprint density at radius 2 is 1.09 bits per heavy atom. The SMILES string of the molecule is CNS(=O)(=O)c1ccc(/C(C)=N\Nc2cc(N/N=C(/C)c3ccc(S(=O)(=O)NC)cc3)nc(Nc3ccc(F)c(F)c3F)n2)cc1. The van der Waals surface area contributed by atoms with Crippen LogP contribution in [0.1, 0.15) is 25.0 Å². The number of halogens is 3. The highest BCUT2D eigenvalue weighted by molar-refractivity contribution is 7.89. The highest BCUT2D eigenvalue weighted by Gasteiger charge is 2.16. The zero-order valence-electron chi connectivity index (χ0n) is 24.7. The van der Waals surface area contributed by atoms with Crippen molar-refractivity contribution in [3.63, 3.8) is 0 Å². The summed E-state index contributed by atoms with van der Waals surface area (Å²) in [6.45, 7) is 3.32. The molecule has 0 bridgehead atoms. The van der Waals surface area contributed by atoms with Gasteiger partial charge in [-0.05, 0) is 75.5 Å². The van der Waals surface area contributed by atoms with Gasteiger partial charge in [-0.25, -0.2) is 39.5 Å². The lowest BCUT2D eigenvalue weighted by atomic mass is 10.1. The second-order valence-electron chi connectivity index (χ2n) is 9.39. The van der Waals surface area contributed by atoms with E-state index in [2.05, 4.69) is 45.8 Å². The second-order valence-corrected chi connectivity index (χ2v) is 13.2. The van der Waals surface area contributed by atoms with Crippen LogP contribution < -0.4 is 25.6 Å². The van der Waals surface area contributed by atoms with Crippen LogP contribution in [0.5, 0.6) is 0 Å². The summed E-state index contributed by atoms with van der Waals surface area (Å²) >= 11 is 0. The Kier molecular flexibility index (Phi) is 10.4. The minimum atomic E-state index is -3.62. The molecule has 242 valence electrons. The summed E-state index contributed by atoms with van der Waals surface area (Å²) in [5, 5.41) is 11.0. The zero-order valence-corrected chi connectivity index (χ0v) is 26.4. The number of aromatic nitrogens is 2. The molecule has 0 saturated carbocycles. The van der Waals surface area contributed by atoms with Crippen LogP contribution in [0.3, 0.4) is 0 Å².